The van der Waals surface area contributed by atoms with Gasteiger partial charge in [-0.15, -0.1) is 10.2 Å². The molecule has 0 atom stereocenters. The number of nitrogens with one attached hydrogen (secondary N) is 1. The summed E-state index contributed by atoms with van der Waals surface area (Å²) in [4.78, 5) is 14.1. The first-order valence-electron chi connectivity index (χ1n) is 5.84. The Bertz CT molecular complexity index is 787. The van der Waals surface area contributed by atoms with Crippen molar-refractivity contribution in [3.8, 4) is 6.07 Å². The van der Waals surface area contributed by atoms with E-state index in [2.05, 4.69) is 15.2 Å². The molecule has 0 radical (unpaired) electrons. The van der Waals surface area contributed by atoms with E-state index in [1.165, 1.54) is 12.1 Å². The number of H-pyrrole nitrogens is 1. The lowest BCUT2D eigenvalue weighted by Crippen LogP contribution is -2.13. The Morgan fingerprint density at radius 2 is 1.95 bits per heavy atom. The minimum Gasteiger partial charge on any atom is -0.323 e. The first kappa shape index (κ1) is 13.6. The second-order valence-electron chi connectivity index (χ2n) is 4.19. The summed E-state index contributed by atoms with van der Waals surface area (Å²) in [5.74, 6) is -0.489. The third-order valence-corrected chi connectivity index (χ3v) is 2.84. The second-order valence-corrected chi connectivity index (χ2v) is 4.19. The zero-order valence-corrected chi connectivity index (χ0v) is 10.9. The molecule has 0 spiro atoms. The lowest BCUT2D eigenvalue weighted by Gasteiger charge is -2.04. The number of azo groups is 1. The van der Waals surface area contributed by atoms with E-state index in [-0.39, 0.29) is 11.3 Å². The highest BCUT2D eigenvalue weighted by atomic mass is 19.1. The Kier molecular flexibility index (Phi) is 3.71. The molecule has 0 aliphatic rings. The molecule has 6 heteroatoms. The first-order chi connectivity index (χ1) is 9.54. The highest BCUT2D eigenvalue weighted by Crippen LogP contribution is 2.26. The van der Waals surface area contributed by atoms with Crippen molar-refractivity contribution in [3.63, 3.8) is 0 Å². The van der Waals surface area contributed by atoms with Crippen molar-refractivity contribution in [1.29, 1.82) is 5.26 Å². The van der Waals surface area contributed by atoms with Crippen LogP contribution in [-0.4, -0.2) is 4.98 Å². The summed E-state index contributed by atoms with van der Waals surface area (Å²) in [5, 5.41) is 16.7. The smallest absolute Gasteiger partial charge is 0.266 e. The van der Waals surface area contributed by atoms with E-state index in [4.69, 9.17) is 5.26 Å². The Hall–Kier alpha value is -2.81. The summed E-state index contributed by atoms with van der Waals surface area (Å²) in [6, 6.07) is 7.78. The molecular formula is C14H11FN4O. The van der Waals surface area contributed by atoms with Gasteiger partial charge in [0, 0.05) is 11.3 Å². The number of aryl methyl sites for hydroxylation is 1. The molecule has 5 nitrogen and oxygen atoms in total. The monoisotopic (exact) mass is 270 g/mol. The summed E-state index contributed by atoms with van der Waals surface area (Å²) in [7, 11) is 0. The van der Waals surface area contributed by atoms with Crippen molar-refractivity contribution >= 4 is 11.4 Å². The number of aromatic amines is 1. The lowest BCUT2D eigenvalue weighted by molar-refractivity contribution is 0.628. The van der Waals surface area contributed by atoms with Gasteiger partial charge in [0.1, 0.15) is 23.0 Å². The Labute approximate surface area is 114 Å². The van der Waals surface area contributed by atoms with Gasteiger partial charge >= 0.3 is 0 Å². The molecule has 1 N–H and O–H groups in total. The number of aromatic nitrogens is 1. The van der Waals surface area contributed by atoms with Crippen LogP contribution >= 0.6 is 0 Å². The largest absolute Gasteiger partial charge is 0.323 e. The molecule has 2 aromatic rings. The first-order valence-corrected chi connectivity index (χ1v) is 5.84. The minimum atomic E-state index is -0.489. The fourth-order valence-corrected chi connectivity index (χ4v) is 1.78. The van der Waals surface area contributed by atoms with Crippen molar-refractivity contribution in [2.75, 3.05) is 0 Å². The maximum Gasteiger partial charge on any atom is 0.266 e. The molecule has 100 valence electrons. The Balaban J connectivity index is 2.53. The van der Waals surface area contributed by atoms with Gasteiger partial charge in [-0.2, -0.15) is 5.26 Å². The van der Waals surface area contributed by atoms with Crippen LogP contribution in [0.3, 0.4) is 0 Å². The van der Waals surface area contributed by atoms with Gasteiger partial charge in [0.2, 0.25) is 0 Å². The second kappa shape index (κ2) is 5.45. The molecule has 20 heavy (non-hydrogen) atoms. The van der Waals surface area contributed by atoms with Crippen LogP contribution in [0.4, 0.5) is 15.8 Å². The fraction of sp³-hybridized carbons (Fsp3) is 0.143. The van der Waals surface area contributed by atoms with E-state index < -0.39 is 11.4 Å². The highest BCUT2D eigenvalue weighted by molar-refractivity contribution is 5.55. The van der Waals surface area contributed by atoms with Crippen LogP contribution < -0.4 is 5.56 Å². The van der Waals surface area contributed by atoms with Crippen LogP contribution in [0.15, 0.2) is 39.3 Å². The zero-order valence-electron chi connectivity index (χ0n) is 10.9. The maximum absolute atomic E-state index is 13.4. The van der Waals surface area contributed by atoms with Gasteiger partial charge in [-0.1, -0.05) is 12.1 Å². The lowest BCUT2D eigenvalue weighted by atomic mass is 10.1. The third kappa shape index (κ3) is 2.47. The Morgan fingerprint density at radius 3 is 2.60 bits per heavy atom. The number of hydrogen-bond donors (Lipinski definition) is 1. The predicted molar refractivity (Wildman–Crippen MR) is 71.8 cm³/mol. The average Bonchev–Trinajstić information content (AvgIpc) is 2.40. The zero-order chi connectivity index (χ0) is 14.7. The van der Waals surface area contributed by atoms with Crippen LogP contribution in [0.2, 0.25) is 0 Å². The number of nitrogens with zero attached hydrogens (tertiary/aromatic N) is 3. The van der Waals surface area contributed by atoms with Crippen molar-refractivity contribution in [2.24, 2.45) is 10.2 Å². The van der Waals surface area contributed by atoms with Crippen molar-refractivity contribution < 1.29 is 4.39 Å². The molecule has 0 saturated carbocycles. The van der Waals surface area contributed by atoms with Crippen LogP contribution in [0.25, 0.3) is 0 Å². The normalized spacial score (nSPS) is 10.7. The van der Waals surface area contributed by atoms with E-state index in [0.29, 0.717) is 16.9 Å². The molecule has 1 aromatic heterocycles. The quantitative estimate of drug-likeness (QED) is 0.848. The summed E-state index contributed by atoms with van der Waals surface area (Å²) >= 11 is 0. The summed E-state index contributed by atoms with van der Waals surface area (Å²) in [6.07, 6.45) is 0. The van der Waals surface area contributed by atoms with Gasteiger partial charge < -0.3 is 4.98 Å². The molecule has 0 bridgehead atoms. The number of rotatable bonds is 2. The van der Waals surface area contributed by atoms with Gasteiger partial charge in [0.25, 0.3) is 5.56 Å². The van der Waals surface area contributed by atoms with Gasteiger partial charge in [0.05, 0.1) is 0 Å². The molecule has 0 aliphatic heterocycles. The van der Waals surface area contributed by atoms with E-state index >= 15 is 0 Å². The van der Waals surface area contributed by atoms with E-state index in [1.807, 2.05) is 6.07 Å². The maximum atomic E-state index is 13.4. The standard InChI is InChI=1S/C14H11FN4O/c1-8-10(7-16)14(20)17-9(2)13(8)19-18-12-6-4-3-5-11(12)15/h3-6H,1-2H3,(H,17,20). The van der Waals surface area contributed by atoms with Gasteiger partial charge in [-0.3, -0.25) is 4.79 Å². The molecule has 0 amide bonds. The predicted octanol–water partition coefficient (Wildman–Crippen LogP) is 3.42. The number of halogens is 1. The van der Waals surface area contributed by atoms with Crippen LogP contribution in [0.1, 0.15) is 16.8 Å². The van der Waals surface area contributed by atoms with E-state index in [1.54, 1.807) is 26.0 Å². The summed E-state index contributed by atoms with van der Waals surface area (Å²) in [6.45, 7) is 3.25. The van der Waals surface area contributed by atoms with Gasteiger partial charge in [-0.25, -0.2) is 4.39 Å². The van der Waals surface area contributed by atoms with E-state index in [0.717, 1.165) is 0 Å². The summed E-state index contributed by atoms with van der Waals surface area (Å²) < 4.78 is 13.4. The summed E-state index contributed by atoms with van der Waals surface area (Å²) in [5.41, 5.74) is 0.881. The number of benzene rings is 1. The fourth-order valence-electron chi connectivity index (χ4n) is 1.78. The van der Waals surface area contributed by atoms with Gasteiger partial charge in [-0.05, 0) is 26.0 Å². The highest BCUT2D eigenvalue weighted by Gasteiger charge is 2.11. The molecule has 0 aliphatic carbocycles. The molecule has 1 heterocycles. The number of hydrogen-bond acceptors (Lipinski definition) is 4. The molecule has 0 fully saturated rings. The topological polar surface area (TPSA) is 81.4 Å². The number of pyridine rings is 1. The molecule has 2 rings (SSSR count). The third-order valence-electron chi connectivity index (χ3n) is 2.84. The molecular weight excluding hydrogens is 259 g/mol. The van der Waals surface area contributed by atoms with Crippen LogP contribution in [0, 0.1) is 31.0 Å². The van der Waals surface area contributed by atoms with Gasteiger partial charge in [0.15, 0.2) is 5.82 Å². The van der Waals surface area contributed by atoms with E-state index in [9.17, 15) is 9.18 Å². The Morgan fingerprint density at radius 1 is 1.25 bits per heavy atom. The van der Waals surface area contributed by atoms with Crippen molar-refractivity contribution in [1.82, 2.24) is 4.98 Å². The molecule has 0 unspecified atom stereocenters. The molecule has 0 saturated heterocycles. The minimum absolute atomic E-state index is 0.0157. The SMILES string of the molecule is Cc1[nH]c(=O)c(C#N)c(C)c1N=Nc1ccccc1F. The van der Waals surface area contributed by atoms with Crippen molar-refractivity contribution in [2.45, 2.75) is 13.8 Å². The average molecular weight is 270 g/mol. The van der Waals surface area contributed by atoms with Crippen LogP contribution in [-0.2, 0) is 0 Å². The molecule has 1 aromatic carbocycles. The van der Waals surface area contributed by atoms with Crippen LogP contribution in [0.5, 0.6) is 0 Å². The van der Waals surface area contributed by atoms with Crippen molar-refractivity contribution in [3.05, 3.63) is 57.3 Å². The number of nitriles is 1.